The molecule has 0 N–H and O–H groups in total. The van der Waals surface area contributed by atoms with Gasteiger partial charge in [-0.1, -0.05) is 20.8 Å². The van der Waals surface area contributed by atoms with Crippen LogP contribution in [-0.4, -0.2) is 30.5 Å². The van der Waals surface area contributed by atoms with Crippen molar-refractivity contribution >= 4 is 19.8 Å². The summed E-state index contributed by atoms with van der Waals surface area (Å²) in [4.78, 5) is 12.5. The van der Waals surface area contributed by atoms with E-state index in [2.05, 4.69) is 52.1 Å². The average molecular weight is 431 g/mol. The quantitative estimate of drug-likeness (QED) is 0.388. The number of esters is 1. The molecule has 0 bridgehead atoms. The molecule has 0 unspecified atom stereocenters. The van der Waals surface area contributed by atoms with Crippen LogP contribution in [-0.2, 0) is 27.0 Å². The number of carbonyl (C=O) groups is 1. The SMILES string of the molecule is CCOC(=O)C(C)(C)Cc1cc(C2CC2)cc2cc(CO[Si](C)(C)C(C)(C)C)nn12. The van der Waals surface area contributed by atoms with Crippen molar-refractivity contribution in [2.24, 2.45) is 5.41 Å². The molecule has 1 aliphatic rings. The molecule has 0 atom stereocenters. The Bertz CT molecular complexity index is 920. The highest BCUT2D eigenvalue weighted by Crippen LogP contribution is 2.41. The van der Waals surface area contributed by atoms with Crippen LogP contribution in [0.1, 0.15) is 77.3 Å². The molecular weight excluding hydrogens is 392 g/mol. The first-order chi connectivity index (χ1) is 13.8. The predicted octanol–water partition coefficient (Wildman–Crippen LogP) is 5.87. The highest BCUT2D eigenvalue weighted by molar-refractivity contribution is 6.74. The summed E-state index contributed by atoms with van der Waals surface area (Å²) in [5.74, 6) is 0.477. The Kier molecular flexibility index (Phi) is 6.22. The van der Waals surface area contributed by atoms with Gasteiger partial charge >= 0.3 is 5.97 Å². The van der Waals surface area contributed by atoms with Gasteiger partial charge in [-0.25, -0.2) is 4.52 Å². The van der Waals surface area contributed by atoms with Crippen LogP contribution in [0.4, 0.5) is 0 Å². The molecular formula is C24H38N2O3Si. The molecule has 3 rings (SSSR count). The smallest absolute Gasteiger partial charge is 0.311 e. The molecule has 0 amide bonds. The Hall–Kier alpha value is -1.66. The maximum absolute atomic E-state index is 12.5. The van der Waals surface area contributed by atoms with E-state index in [1.807, 2.05) is 25.3 Å². The second-order valence-corrected chi connectivity index (χ2v) is 15.7. The number of rotatable bonds is 8. The van der Waals surface area contributed by atoms with E-state index in [4.69, 9.17) is 14.3 Å². The lowest BCUT2D eigenvalue weighted by molar-refractivity contribution is -0.153. The number of nitrogens with zero attached hydrogens (tertiary/aromatic N) is 2. The molecule has 1 fully saturated rings. The summed E-state index contributed by atoms with van der Waals surface area (Å²) in [6.45, 7) is 18.0. The number of ether oxygens (including phenoxy) is 1. The zero-order valence-electron chi connectivity index (χ0n) is 20.0. The van der Waals surface area contributed by atoms with E-state index in [1.165, 1.54) is 18.4 Å². The molecule has 0 radical (unpaired) electrons. The van der Waals surface area contributed by atoms with Gasteiger partial charge in [-0.05, 0) is 81.4 Å². The molecule has 1 saturated carbocycles. The molecule has 0 spiro atoms. The normalized spacial score (nSPS) is 15.6. The van der Waals surface area contributed by atoms with Crippen molar-refractivity contribution in [2.75, 3.05) is 6.61 Å². The standard InChI is InChI=1S/C24H38N2O3Si/c1-9-28-22(27)24(5,6)15-21-13-18(17-10-11-17)12-20-14-19(25-26(20)21)16-29-30(7,8)23(2,3)4/h12-14,17H,9-11,15-16H2,1-8H3. The van der Waals surface area contributed by atoms with Crippen LogP contribution in [0.5, 0.6) is 0 Å². The average Bonchev–Trinajstić information content (AvgIpc) is 3.39. The molecule has 5 nitrogen and oxygen atoms in total. The van der Waals surface area contributed by atoms with Gasteiger partial charge in [-0.3, -0.25) is 4.79 Å². The van der Waals surface area contributed by atoms with Crippen LogP contribution in [0.25, 0.3) is 5.52 Å². The van der Waals surface area contributed by atoms with E-state index in [-0.39, 0.29) is 11.0 Å². The van der Waals surface area contributed by atoms with Gasteiger partial charge < -0.3 is 9.16 Å². The Morgan fingerprint density at radius 3 is 2.40 bits per heavy atom. The lowest BCUT2D eigenvalue weighted by Crippen LogP contribution is -2.40. The van der Waals surface area contributed by atoms with Crippen molar-refractivity contribution < 1.29 is 14.0 Å². The summed E-state index contributed by atoms with van der Waals surface area (Å²) in [5, 5.41) is 5.04. The molecule has 6 heteroatoms. The zero-order valence-corrected chi connectivity index (χ0v) is 21.0. The maximum Gasteiger partial charge on any atom is 0.311 e. The Labute approximate surface area is 182 Å². The summed E-state index contributed by atoms with van der Waals surface area (Å²) in [6.07, 6.45) is 3.08. The largest absolute Gasteiger partial charge is 0.466 e. The van der Waals surface area contributed by atoms with Crippen LogP contribution in [0, 0.1) is 5.41 Å². The van der Waals surface area contributed by atoms with Gasteiger partial charge in [0.25, 0.3) is 0 Å². The highest BCUT2D eigenvalue weighted by atomic mass is 28.4. The van der Waals surface area contributed by atoms with Crippen LogP contribution >= 0.6 is 0 Å². The first-order valence-corrected chi connectivity index (χ1v) is 14.1. The third-order valence-electron chi connectivity index (χ3n) is 6.59. The minimum atomic E-state index is -1.84. The molecule has 0 aromatic carbocycles. The lowest BCUT2D eigenvalue weighted by Gasteiger charge is -2.35. The second-order valence-electron chi connectivity index (χ2n) is 10.9. The first kappa shape index (κ1) is 23.0. The van der Waals surface area contributed by atoms with Crippen molar-refractivity contribution in [3.8, 4) is 0 Å². The van der Waals surface area contributed by atoms with Crippen LogP contribution in [0.2, 0.25) is 18.1 Å². The van der Waals surface area contributed by atoms with Crippen LogP contribution in [0.15, 0.2) is 18.2 Å². The van der Waals surface area contributed by atoms with E-state index in [0.29, 0.717) is 25.6 Å². The fraction of sp³-hybridized carbons (Fsp3) is 0.667. The van der Waals surface area contributed by atoms with Crippen molar-refractivity contribution in [1.29, 1.82) is 0 Å². The Morgan fingerprint density at radius 2 is 1.83 bits per heavy atom. The van der Waals surface area contributed by atoms with E-state index < -0.39 is 13.7 Å². The number of aromatic nitrogens is 2. The van der Waals surface area contributed by atoms with Gasteiger partial charge in [0.05, 0.1) is 29.8 Å². The maximum atomic E-state index is 12.5. The summed E-state index contributed by atoms with van der Waals surface area (Å²) in [7, 11) is -1.84. The molecule has 0 aliphatic heterocycles. The lowest BCUT2D eigenvalue weighted by atomic mass is 9.87. The van der Waals surface area contributed by atoms with Crippen LogP contribution in [0.3, 0.4) is 0 Å². The van der Waals surface area contributed by atoms with E-state index >= 15 is 0 Å². The highest BCUT2D eigenvalue weighted by Gasteiger charge is 2.37. The molecule has 2 heterocycles. The molecule has 2 aromatic heterocycles. The third kappa shape index (κ3) is 4.97. The van der Waals surface area contributed by atoms with Crippen molar-refractivity contribution in [3.63, 3.8) is 0 Å². The van der Waals surface area contributed by atoms with Gasteiger partial charge in [0.15, 0.2) is 8.32 Å². The van der Waals surface area contributed by atoms with E-state index in [1.54, 1.807) is 0 Å². The summed E-state index contributed by atoms with van der Waals surface area (Å²) < 4.78 is 13.7. The fourth-order valence-corrected chi connectivity index (χ4v) is 4.36. The summed E-state index contributed by atoms with van der Waals surface area (Å²) >= 11 is 0. The molecule has 2 aromatic rings. The Morgan fingerprint density at radius 1 is 1.17 bits per heavy atom. The van der Waals surface area contributed by atoms with E-state index in [9.17, 15) is 4.79 Å². The van der Waals surface area contributed by atoms with E-state index in [0.717, 1.165) is 16.9 Å². The monoisotopic (exact) mass is 430 g/mol. The van der Waals surface area contributed by atoms with Gasteiger partial charge in [0.2, 0.25) is 0 Å². The van der Waals surface area contributed by atoms with Crippen molar-refractivity contribution in [2.45, 2.75) is 91.5 Å². The minimum Gasteiger partial charge on any atom is -0.466 e. The number of hydrogen-bond acceptors (Lipinski definition) is 4. The minimum absolute atomic E-state index is 0.163. The molecule has 0 saturated heterocycles. The Balaban J connectivity index is 1.91. The second kappa shape index (κ2) is 8.12. The number of carbonyl (C=O) groups excluding carboxylic acids is 1. The van der Waals surface area contributed by atoms with Gasteiger partial charge in [0.1, 0.15) is 0 Å². The predicted molar refractivity (Wildman–Crippen MR) is 123 cm³/mol. The molecule has 166 valence electrons. The summed E-state index contributed by atoms with van der Waals surface area (Å²) in [6, 6.07) is 6.62. The topological polar surface area (TPSA) is 52.8 Å². The third-order valence-corrected chi connectivity index (χ3v) is 11.1. The van der Waals surface area contributed by atoms with Gasteiger partial charge in [-0.15, -0.1) is 0 Å². The number of pyridine rings is 1. The molecule has 30 heavy (non-hydrogen) atoms. The zero-order chi connectivity index (χ0) is 22.3. The number of hydrogen-bond donors (Lipinski definition) is 0. The van der Waals surface area contributed by atoms with Crippen molar-refractivity contribution in [3.05, 3.63) is 35.2 Å². The molecule has 1 aliphatic carbocycles. The van der Waals surface area contributed by atoms with Gasteiger partial charge in [-0.2, -0.15) is 5.10 Å². The fourth-order valence-electron chi connectivity index (χ4n) is 3.42. The first-order valence-electron chi connectivity index (χ1n) is 11.2. The summed E-state index contributed by atoms with van der Waals surface area (Å²) in [5.41, 5.74) is 3.85. The van der Waals surface area contributed by atoms with Crippen LogP contribution < -0.4 is 0 Å². The number of fused-ring (bicyclic) bond motifs is 1. The van der Waals surface area contributed by atoms with Crippen molar-refractivity contribution in [1.82, 2.24) is 9.61 Å². The van der Waals surface area contributed by atoms with Gasteiger partial charge in [0, 0.05) is 12.1 Å².